The lowest BCUT2D eigenvalue weighted by atomic mass is 10.1. The molecule has 40 heavy (non-hydrogen) atoms. The molecule has 2 amide bonds. The Morgan fingerprint density at radius 2 is 1.82 bits per heavy atom. The number of nitrogens with two attached hydrogens (primary N) is 1. The fourth-order valence-electron chi connectivity index (χ4n) is 5.70. The van der Waals surface area contributed by atoms with E-state index in [0.29, 0.717) is 34.8 Å². The second-order valence-electron chi connectivity index (χ2n) is 9.88. The Kier molecular flexibility index (Phi) is 6.01. The molecule has 3 N–H and O–H groups in total. The number of likely N-dealkylation sites (tertiary alicyclic amines) is 1. The Morgan fingerprint density at radius 3 is 2.52 bits per heavy atom. The minimum absolute atomic E-state index is 0.0434. The van der Waals surface area contributed by atoms with Gasteiger partial charge in [0.25, 0.3) is 5.91 Å². The van der Waals surface area contributed by atoms with Gasteiger partial charge in [-0.3, -0.25) is 9.59 Å². The van der Waals surface area contributed by atoms with Crippen molar-refractivity contribution in [3.8, 4) is 11.3 Å². The molecule has 2 bridgehead atoms. The predicted octanol–water partition coefficient (Wildman–Crippen LogP) is 4.09. The van der Waals surface area contributed by atoms with Crippen molar-refractivity contribution in [2.24, 2.45) is 5.92 Å². The Morgan fingerprint density at radius 1 is 1.07 bits per heavy atom. The van der Waals surface area contributed by atoms with Crippen molar-refractivity contribution in [1.29, 1.82) is 0 Å². The van der Waals surface area contributed by atoms with E-state index in [0.717, 1.165) is 31.2 Å². The Labute approximate surface area is 225 Å². The highest BCUT2D eigenvalue weighted by Crippen LogP contribution is 2.46. The number of anilines is 2. The number of pyridine rings is 1. The number of nitrogens with zero attached hydrogens (tertiary/aromatic N) is 6. The first-order valence-electron chi connectivity index (χ1n) is 12.5. The number of fused-ring (bicyclic) bond motifs is 3. The van der Waals surface area contributed by atoms with Crippen molar-refractivity contribution in [3.63, 3.8) is 0 Å². The molecule has 10 nitrogen and oxygen atoms in total. The molecule has 0 spiro atoms. The highest BCUT2D eigenvalue weighted by Gasteiger charge is 2.48. The molecule has 0 radical (unpaired) electrons. The van der Waals surface area contributed by atoms with Crippen LogP contribution in [0.5, 0.6) is 0 Å². The Balaban J connectivity index is 1.30. The molecule has 4 heterocycles. The van der Waals surface area contributed by atoms with Gasteiger partial charge in [0.15, 0.2) is 5.65 Å². The summed E-state index contributed by atoms with van der Waals surface area (Å²) in [5, 5.41) is 7.82. The molecule has 2 aliphatic rings. The number of benzene rings is 1. The summed E-state index contributed by atoms with van der Waals surface area (Å²) < 4.78 is 40.8. The number of carbonyl (C=O) groups is 2. The first-order chi connectivity index (χ1) is 19.1. The third-order valence-electron chi connectivity index (χ3n) is 7.49. The van der Waals surface area contributed by atoms with Gasteiger partial charge in [-0.15, -0.1) is 0 Å². The van der Waals surface area contributed by atoms with Crippen molar-refractivity contribution in [1.82, 2.24) is 29.6 Å². The first-order valence-corrected chi connectivity index (χ1v) is 12.5. The van der Waals surface area contributed by atoms with Crippen LogP contribution >= 0.6 is 0 Å². The second-order valence-corrected chi connectivity index (χ2v) is 9.88. The van der Waals surface area contributed by atoms with E-state index >= 15 is 0 Å². The zero-order valence-electron chi connectivity index (χ0n) is 21.0. The van der Waals surface area contributed by atoms with Crippen LogP contribution in [0.25, 0.3) is 22.3 Å². The summed E-state index contributed by atoms with van der Waals surface area (Å²) in [6.07, 6.45) is 0.831. The highest BCUT2D eigenvalue weighted by molar-refractivity contribution is 6.04. The zero-order valence-corrected chi connectivity index (χ0v) is 21.0. The molecule has 13 heteroatoms. The fraction of sp³-hybridized carbons (Fsp3) is 0.259. The number of amides is 2. The van der Waals surface area contributed by atoms with Gasteiger partial charge < -0.3 is 16.0 Å². The molecular weight excluding hydrogens is 525 g/mol. The van der Waals surface area contributed by atoms with Crippen LogP contribution in [-0.4, -0.2) is 54.0 Å². The molecule has 1 aliphatic carbocycles. The topological polar surface area (TPSA) is 132 Å². The first kappa shape index (κ1) is 25.5. The molecule has 1 aliphatic heterocycles. The molecule has 4 aromatic rings. The molecule has 204 valence electrons. The standard InChI is InChI=1S/C27H23F3N8O2/c1-2-21(39)37-12-14-9-18(37)19(10-14)38-25-22(24(31)33-13-34-25)23(36-38)15-3-5-16(6-4-15)26(40)35-20-11-17(7-8-32-20)27(28,29)30/h2-8,11,13-14,18-19H,1,9-10,12H2,(H2,31,33,34)(H,32,35,40). The summed E-state index contributed by atoms with van der Waals surface area (Å²) in [4.78, 5) is 39.4. The summed E-state index contributed by atoms with van der Waals surface area (Å²) in [6, 6.07) is 7.86. The van der Waals surface area contributed by atoms with Crippen LogP contribution in [0, 0.1) is 5.92 Å². The summed E-state index contributed by atoms with van der Waals surface area (Å²) in [5.41, 5.74) is 7.25. The van der Waals surface area contributed by atoms with E-state index in [2.05, 4.69) is 26.8 Å². The van der Waals surface area contributed by atoms with Gasteiger partial charge in [0.2, 0.25) is 5.91 Å². The van der Waals surface area contributed by atoms with Gasteiger partial charge in [0.05, 0.1) is 23.0 Å². The normalized spacial score (nSPS) is 20.2. The Hall–Kier alpha value is -4.81. The zero-order chi connectivity index (χ0) is 28.2. The molecule has 1 saturated heterocycles. The second kappa shape index (κ2) is 9.43. The van der Waals surface area contributed by atoms with E-state index in [-0.39, 0.29) is 35.2 Å². The largest absolute Gasteiger partial charge is 0.416 e. The van der Waals surface area contributed by atoms with E-state index in [1.54, 1.807) is 12.1 Å². The molecule has 3 unspecified atom stereocenters. The average Bonchev–Trinajstić information content (AvgIpc) is 3.66. The van der Waals surface area contributed by atoms with Crippen LogP contribution in [0.1, 0.15) is 34.8 Å². The van der Waals surface area contributed by atoms with Gasteiger partial charge in [-0.2, -0.15) is 18.3 Å². The summed E-state index contributed by atoms with van der Waals surface area (Å²) in [6.45, 7) is 4.31. The molecular formula is C27H23F3N8O2. The number of piperidine rings is 1. The van der Waals surface area contributed by atoms with Gasteiger partial charge in [0, 0.05) is 23.9 Å². The van der Waals surface area contributed by atoms with Crippen molar-refractivity contribution in [3.05, 3.63) is 72.7 Å². The number of rotatable bonds is 5. The van der Waals surface area contributed by atoms with E-state index in [9.17, 15) is 22.8 Å². The monoisotopic (exact) mass is 548 g/mol. The van der Waals surface area contributed by atoms with Crippen LogP contribution in [0.15, 0.2) is 61.6 Å². The highest BCUT2D eigenvalue weighted by atomic mass is 19.4. The minimum Gasteiger partial charge on any atom is -0.383 e. The summed E-state index contributed by atoms with van der Waals surface area (Å²) >= 11 is 0. The molecule has 1 saturated carbocycles. The fourth-order valence-corrected chi connectivity index (χ4v) is 5.70. The lowest BCUT2D eigenvalue weighted by molar-refractivity contribution is -0.137. The number of hydrogen-bond acceptors (Lipinski definition) is 7. The number of carbonyl (C=O) groups excluding carboxylic acids is 2. The van der Waals surface area contributed by atoms with Crippen LogP contribution in [-0.2, 0) is 11.0 Å². The molecule has 2 fully saturated rings. The summed E-state index contributed by atoms with van der Waals surface area (Å²) in [5.74, 6) is -0.355. The van der Waals surface area contributed by atoms with Crippen LogP contribution in [0.3, 0.4) is 0 Å². The summed E-state index contributed by atoms with van der Waals surface area (Å²) in [7, 11) is 0. The van der Waals surface area contributed by atoms with E-state index in [1.165, 1.54) is 24.5 Å². The molecule has 6 rings (SSSR count). The van der Waals surface area contributed by atoms with Gasteiger partial charge in [0.1, 0.15) is 23.7 Å². The average molecular weight is 549 g/mol. The lowest BCUT2D eigenvalue weighted by Gasteiger charge is -2.32. The quantitative estimate of drug-likeness (QED) is 0.359. The van der Waals surface area contributed by atoms with Crippen molar-refractivity contribution < 1.29 is 22.8 Å². The van der Waals surface area contributed by atoms with Crippen LogP contribution in [0.2, 0.25) is 0 Å². The number of hydrogen-bond donors (Lipinski definition) is 2. The number of alkyl halides is 3. The molecule has 1 aromatic carbocycles. The smallest absolute Gasteiger partial charge is 0.383 e. The maximum atomic E-state index is 13.0. The number of nitrogens with one attached hydrogen (secondary N) is 1. The van der Waals surface area contributed by atoms with Gasteiger partial charge in [-0.25, -0.2) is 19.6 Å². The number of halogens is 3. The number of nitrogen functional groups attached to an aromatic ring is 1. The third kappa shape index (κ3) is 4.32. The third-order valence-corrected chi connectivity index (χ3v) is 7.49. The predicted molar refractivity (Wildman–Crippen MR) is 140 cm³/mol. The maximum Gasteiger partial charge on any atom is 0.416 e. The molecule has 3 atom stereocenters. The molecule has 3 aromatic heterocycles. The van der Waals surface area contributed by atoms with Gasteiger partial charge in [-0.05, 0) is 49.1 Å². The van der Waals surface area contributed by atoms with Gasteiger partial charge in [-0.1, -0.05) is 18.7 Å². The van der Waals surface area contributed by atoms with Gasteiger partial charge >= 0.3 is 6.18 Å². The minimum atomic E-state index is -4.56. The van der Waals surface area contributed by atoms with Crippen molar-refractivity contribution in [2.75, 3.05) is 17.6 Å². The number of aromatic nitrogens is 5. The van der Waals surface area contributed by atoms with Crippen LogP contribution in [0.4, 0.5) is 24.8 Å². The Bertz CT molecular complexity index is 1650. The van der Waals surface area contributed by atoms with E-state index < -0.39 is 17.6 Å². The SMILES string of the molecule is C=CC(=O)N1CC2CC1C(n1nc(-c3ccc(C(=O)Nc4cc(C(F)(F)F)ccn4)cc3)c3c(N)ncnc31)C2. The van der Waals surface area contributed by atoms with Crippen LogP contribution < -0.4 is 11.1 Å². The van der Waals surface area contributed by atoms with Crippen molar-refractivity contribution >= 4 is 34.5 Å². The lowest BCUT2D eigenvalue weighted by Crippen LogP contribution is -2.42. The van der Waals surface area contributed by atoms with Crippen molar-refractivity contribution in [2.45, 2.75) is 31.1 Å². The van der Waals surface area contributed by atoms with E-state index in [1.807, 2.05) is 9.58 Å². The maximum absolute atomic E-state index is 13.0. The van der Waals surface area contributed by atoms with E-state index in [4.69, 9.17) is 10.8 Å².